The van der Waals surface area contributed by atoms with Crippen molar-refractivity contribution in [2.24, 2.45) is 5.73 Å². The fraction of sp³-hybridized carbons (Fsp3) is 0.0909. The number of aromatic nitrogens is 1. The van der Waals surface area contributed by atoms with E-state index in [0.717, 1.165) is 16.7 Å². The smallest absolute Gasteiger partial charge is 0.250 e. The summed E-state index contributed by atoms with van der Waals surface area (Å²) in [5, 5.41) is 0.839. The minimum atomic E-state index is -0.479. The molecule has 1 aromatic heterocycles. The molecular weight excluding hydrogens is 192 g/mol. The number of nitrogens with two attached hydrogens (primary N) is 1. The molecule has 0 aliphatic heterocycles. The first-order chi connectivity index (χ1) is 7.20. The standard InChI is InChI=1S/C11H10N2O2/c1-15-9-2-3-10-7(5-9)4-8(6-13-10)11(12)14/h2-6H,1H3,(H2,12,14). The maximum atomic E-state index is 11.0. The van der Waals surface area contributed by atoms with Gasteiger partial charge in [-0.05, 0) is 24.3 Å². The van der Waals surface area contributed by atoms with Crippen LogP contribution in [-0.4, -0.2) is 18.0 Å². The Kier molecular flexibility index (Phi) is 2.25. The zero-order valence-corrected chi connectivity index (χ0v) is 8.23. The van der Waals surface area contributed by atoms with Crippen LogP contribution in [0.2, 0.25) is 0 Å². The Balaban J connectivity index is 2.62. The second-order valence-corrected chi connectivity index (χ2v) is 3.15. The molecular formula is C11H10N2O2. The topological polar surface area (TPSA) is 65.2 Å². The summed E-state index contributed by atoms with van der Waals surface area (Å²) < 4.78 is 5.08. The van der Waals surface area contributed by atoms with Gasteiger partial charge in [-0.3, -0.25) is 9.78 Å². The SMILES string of the molecule is COc1ccc2ncc(C(N)=O)cc2c1. The number of methoxy groups -OCH3 is 1. The third-order valence-corrected chi connectivity index (χ3v) is 2.17. The molecule has 76 valence electrons. The van der Waals surface area contributed by atoms with Gasteiger partial charge in [0.1, 0.15) is 5.75 Å². The lowest BCUT2D eigenvalue weighted by atomic mass is 10.1. The average Bonchev–Trinajstić information content (AvgIpc) is 2.27. The number of fused-ring (bicyclic) bond motifs is 1. The highest BCUT2D eigenvalue weighted by Gasteiger charge is 2.03. The minimum Gasteiger partial charge on any atom is -0.497 e. The summed E-state index contributed by atoms with van der Waals surface area (Å²) in [5.74, 6) is 0.248. The zero-order chi connectivity index (χ0) is 10.8. The van der Waals surface area contributed by atoms with E-state index in [-0.39, 0.29) is 0 Å². The second-order valence-electron chi connectivity index (χ2n) is 3.15. The minimum absolute atomic E-state index is 0.399. The van der Waals surface area contributed by atoms with Crippen LogP contribution in [0, 0.1) is 0 Å². The van der Waals surface area contributed by atoms with E-state index in [9.17, 15) is 4.79 Å². The molecule has 15 heavy (non-hydrogen) atoms. The van der Waals surface area contributed by atoms with Crippen molar-refractivity contribution in [1.29, 1.82) is 0 Å². The normalized spacial score (nSPS) is 10.2. The van der Waals surface area contributed by atoms with Gasteiger partial charge in [-0.15, -0.1) is 0 Å². The number of carbonyl (C=O) groups excluding carboxylic acids is 1. The molecule has 0 radical (unpaired) electrons. The van der Waals surface area contributed by atoms with Crippen molar-refractivity contribution in [2.45, 2.75) is 0 Å². The number of amides is 1. The molecule has 0 aliphatic rings. The lowest BCUT2D eigenvalue weighted by Gasteiger charge is -2.02. The van der Waals surface area contributed by atoms with Crippen LogP contribution in [0.15, 0.2) is 30.5 Å². The van der Waals surface area contributed by atoms with Crippen LogP contribution >= 0.6 is 0 Å². The molecule has 0 spiro atoms. The van der Waals surface area contributed by atoms with E-state index in [4.69, 9.17) is 10.5 Å². The van der Waals surface area contributed by atoms with Gasteiger partial charge < -0.3 is 10.5 Å². The number of pyridine rings is 1. The highest BCUT2D eigenvalue weighted by atomic mass is 16.5. The van der Waals surface area contributed by atoms with E-state index in [2.05, 4.69) is 4.98 Å². The van der Waals surface area contributed by atoms with Crippen molar-refractivity contribution in [3.63, 3.8) is 0 Å². The molecule has 1 aromatic carbocycles. The predicted octanol–water partition coefficient (Wildman–Crippen LogP) is 1.34. The third-order valence-electron chi connectivity index (χ3n) is 2.17. The van der Waals surface area contributed by atoms with Gasteiger partial charge in [0, 0.05) is 11.6 Å². The molecule has 4 nitrogen and oxygen atoms in total. The first kappa shape index (κ1) is 9.45. The van der Waals surface area contributed by atoms with Crippen molar-refractivity contribution >= 4 is 16.8 Å². The summed E-state index contributed by atoms with van der Waals surface area (Å²) in [4.78, 5) is 15.1. The van der Waals surface area contributed by atoms with Crippen LogP contribution in [-0.2, 0) is 0 Å². The quantitative estimate of drug-likeness (QED) is 0.799. The highest BCUT2D eigenvalue weighted by Crippen LogP contribution is 2.19. The predicted molar refractivity (Wildman–Crippen MR) is 56.8 cm³/mol. The Morgan fingerprint density at radius 1 is 1.40 bits per heavy atom. The molecule has 0 saturated heterocycles. The monoisotopic (exact) mass is 202 g/mol. The molecule has 1 heterocycles. The van der Waals surface area contributed by atoms with E-state index in [0.29, 0.717) is 5.56 Å². The van der Waals surface area contributed by atoms with Gasteiger partial charge in [-0.2, -0.15) is 0 Å². The Hall–Kier alpha value is -2.10. The van der Waals surface area contributed by atoms with E-state index in [1.807, 2.05) is 18.2 Å². The number of primary amides is 1. The van der Waals surface area contributed by atoms with Crippen LogP contribution in [0.3, 0.4) is 0 Å². The number of hydrogen-bond acceptors (Lipinski definition) is 3. The Morgan fingerprint density at radius 2 is 2.20 bits per heavy atom. The molecule has 0 saturated carbocycles. The van der Waals surface area contributed by atoms with Crippen molar-refractivity contribution in [3.05, 3.63) is 36.0 Å². The summed E-state index contributed by atoms with van der Waals surface area (Å²) in [7, 11) is 1.59. The Morgan fingerprint density at radius 3 is 2.87 bits per heavy atom. The molecule has 0 bridgehead atoms. The first-order valence-electron chi connectivity index (χ1n) is 4.44. The van der Waals surface area contributed by atoms with E-state index < -0.39 is 5.91 Å². The van der Waals surface area contributed by atoms with Crippen LogP contribution < -0.4 is 10.5 Å². The van der Waals surface area contributed by atoms with Crippen LogP contribution in [0.1, 0.15) is 10.4 Å². The van der Waals surface area contributed by atoms with Crippen LogP contribution in [0.4, 0.5) is 0 Å². The van der Waals surface area contributed by atoms with Gasteiger partial charge in [0.2, 0.25) is 5.91 Å². The molecule has 2 N–H and O–H groups in total. The second kappa shape index (κ2) is 3.57. The Bertz CT molecular complexity index is 523. The molecule has 0 atom stereocenters. The molecule has 0 aliphatic carbocycles. The molecule has 0 unspecified atom stereocenters. The van der Waals surface area contributed by atoms with Crippen LogP contribution in [0.25, 0.3) is 10.9 Å². The van der Waals surface area contributed by atoms with E-state index in [1.54, 1.807) is 13.2 Å². The maximum Gasteiger partial charge on any atom is 0.250 e. The van der Waals surface area contributed by atoms with Crippen molar-refractivity contribution in [2.75, 3.05) is 7.11 Å². The summed E-state index contributed by atoms with van der Waals surface area (Å²) >= 11 is 0. The molecule has 2 rings (SSSR count). The van der Waals surface area contributed by atoms with Gasteiger partial charge in [-0.1, -0.05) is 0 Å². The van der Waals surface area contributed by atoms with Gasteiger partial charge in [0.05, 0.1) is 18.2 Å². The van der Waals surface area contributed by atoms with Crippen molar-refractivity contribution in [1.82, 2.24) is 4.98 Å². The van der Waals surface area contributed by atoms with Crippen molar-refractivity contribution in [3.8, 4) is 5.75 Å². The third kappa shape index (κ3) is 1.74. The summed E-state index contributed by atoms with van der Waals surface area (Å²) in [6.45, 7) is 0. The van der Waals surface area contributed by atoms with Crippen LogP contribution in [0.5, 0.6) is 5.75 Å². The number of benzene rings is 1. The zero-order valence-electron chi connectivity index (χ0n) is 8.23. The summed E-state index contributed by atoms with van der Waals surface area (Å²) in [6, 6.07) is 7.17. The van der Waals surface area contributed by atoms with Gasteiger partial charge in [0.25, 0.3) is 0 Å². The lowest BCUT2D eigenvalue weighted by molar-refractivity contribution is 0.1000. The number of rotatable bonds is 2. The number of ether oxygens (including phenoxy) is 1. The first-order valence-corrected chi connectivity index (χ1v) is 4.44. The van der Waals surface area contributed by atoms with Gasteiger partial charge >= 0.3 is 0 Å². The Labute approximate surface area is 86.7 Å². The lowest BCUT2D eigenvalue weighted by Crippen LogP contribution is -2.10. The molecule has 0 fully saturated rings. The number of nitrogens with zero attached hydrogens (tertiary/aromatic N) is 1. The van der Waals surface area contributed by atoms with E-state index in [1.165, 1.54) is 6.20 Å². The maximum absolute atomic E-state index is 11.0. The molecule has 2 aromatic rings. The fourth-order valence-electron chi connectivity index (χ4n) is 1.37. The van der Waals surface area contributed by atoms with Gasteiger partial charge in [0.15, 0.2) is 0 Å². The summed E-state index contributed by atoms with van der Waals surface area (Å²) in [5.41, 5.74) is 6.37. The van der Waals surface area contributed by atoms with E-state index >= 15 is 0 Å². The summed E-state index contributed by atoms with van der Waals surface area (Å²) in [6.07, 6.45) is 1.47. The largest absolute Gasteiger partial charge is 0.497 e. The van der Waals surface area contributed by atoms with Gasteiger partial charge in [-0.25, -0.2) is 0 Å². The average molecular weight is 202 g/mol. The fourth-order valence-corrected chi connectivity index (χ4v) is 1.37. The number of carbonyl (C=O) groups is 1. The highest BCUT2D eigenvalue weighted by molar-refractivity contribution is 5.96. The number of hydrogen-bond donors (Lipinski definition) is 1. The molecule has 1 amide bonds. The van der Waals surface area contributed by atoms with Crippen molar-refractivity contribution < 1.29 is 9.53 Å². The molecule has 4 heteroatoms.